The largest absolute Gasteiger partial charge is 0.372 e. The van der Waals surface area contributed by atoms with Crippen molar-refractivity contribution >= 4 is 18.1 Å². The Kier molecular flexibility index (Phi) is 16.1. The molecular formula is C19H35ClN2. The molecule has 0 saturated carbocycles. The van der Waals surface area contributed by atoms with E-state index in [0.717, 1.165) is 13.2 Å². The summed E-state index contributed by atoms with van der Waals surface area (Å²) in [7, 11) is 0. The lowest BCUT2D eigenvalue weighted by Gasteiger charge is -2.08. The highest BCUT2D eigenvalue weighted by atomic mass is 35.5. The Labute approximate surface area is 143 Å². The number of unbranched alkanes of at least 4 members (excludes halogenated alkanes) is 9. The Bertz CT molecular complexity index is 316. The predicted octanol–water partition coefficient (Wildman–Crippen LogP) is 5.99. The Morgan fingerprint density at radius 1 is 0.727 bits per heavy atom. The first-order valence-electron chi connectivity index (χ1n) is 8.93. The van der Waals surface area contributed by atoms with Crippen LogP contribution in [0.5, 0.6) is 0 Å². The van der Waals surface area contributed by atoms with E-state index in [1.807, 2.05) is 6.07 Å². The molecule has 0 bridgehead atoms. The van der Waals surface area contributed by atoms with E-state index >= 15 is 0 Å². The minimum Gasteiger partial charge on any atom is -0.372 e. The van der Waals surface area contributed by atoms with Gasteiger partial charge in [-0.3, -0.25) is 0 Å². The molecule has 0 aliphatic carbocycles. The van der Waals surface area contributed by atoms with Gasteiger partial charge in [0.15, 0.2) is 0 Å². The van der Waals surface area contributed by atoms with Crippen molar-refractivity contribution in [1.82, 2.24) is 5.32 Å². The monoisotopic (exact) mass is 326 g/mol. The van der Waals surface area contributed by atoms with Gasteiger partial charge >= 0.3 is 0 Å². The highest BCUT2D eigenvalue weighted by Gasteiger charge is 1.93. The summed E-state index contributed by atoms with van der Waals surface area (Å²) in [6.07, 6.45) is 14.0. The summed E-state index contributed by atoms with van der Waals surface area (Å²) in [6.45, 7) is 4.27. The topological polar surface area (TPSA) is 24.1 Å². The van der Waals surface area contributed by atoms with Crippen molar-refractivity contribution in [3.63, 3.8) is 0 Å². The van der Waals surface area contributed by atoms with Crippen molar-refractivity contribution in [2.24, 2.45) is 0 Å². The highest BCUT2D eigenvalue weighted by Crippen LogP contribution is 2.10. The maximum atomic E-state index is 3.45. The van der Waals surface area contributed by atoms with E-state index < -0.39 is 0 Å². The van der Waals surface area contributed by atoms with Crippen molar-refractivity contribution < 1.29 is 0 Å². The third kappa shape index (κ3) is 13.0. The molecule has 0 unspecified atom stereocenters. The third-order valence-corrected chi connectivity index (χ3v) is 3.90. The second-order valence-corrected chi connectivity index (χ2v) is 5.90. The molecule has 0 aliphatic rings. The average Bonchev–Trinajstić information content (AvgIpc) is 2.53. The van der Waals surface area contributed by atoms with Crippen molar-refractivity contribution in [3.05, 3.63) is 30.3 Å². The van der Waals surface area contributed by atoms with Crippen LogP contribution in [0.1, 0.15) is 71.1 Å². The van der Waals surface area contributed by atoms with E-state index in [4.69, 9.17) is 0 Å². The van der Waals surface area contributed by atoms with E-state index in [2.05, 4.69) is 41.8 Å². The van der Waals surface area contributed by atoms with Crippen molar-refractivity contribution in [2.45, 2.75) is 71.1 Å². The van der Waals surface area contributed by atoms with Crippen LogP contribution in [0.4, 0.5) is 5.69 Å². The molecule has 0 amide bonds. The van der Waals surface area contributed by atoms with Crippen LogP contribution in [0.15, 0.2) is 30.3 Å². The van der Waals surface area contributed by atoms with Crippen LogP contribution in [-0.2, 0) is 0 Å². The van der Waals surface area contributed by atoms with E-state index in [-0.39, 0.29) is 12.4 Å². The quantitative estimate of drug-likeness (QED) is 0.324. The summed E-state index contributed by atoms with van der Waals surface area (Å²) in [4.78, 5) is 0. The molecule has 0 fully saturated rings. The molecule has 128 valence electrons. The Morgan fingerprint density at radius 2 is 1.27 bits per heavy atom. The summed E-state index contributed by atoms with van der Waals surface area (Å²) < 4.78 is 0. The number of halogens is 1. The smallest absolute Gasteiger partial charge is 0.0653 e. The third-order valence-electron chi connectivity index (χ3n) is 3.90. The van der Waals surface area contributed by atoms with E-state index in [1.165, 1.54) is 69.9 Å². The zero-order valence-electron chi connectivity index (χ0n) is 14.3. The summed E-state index contributed by atoms with van der Waals surface area (Å²) in [5, 5.41) is 6.82. The van der Waals surface area contributed by atoms with Gasteiger partial charge in [-0.05, 0) is 25.1 Å². The van der Waals surface area contributed by atoms with Crippen LogP contribution < -0.4 is 10.6 Å². The minimum atomic E-state index is 0. The molecule has 0 spiro atoms. The molecule has 0 radical (unpaired) electrons. The molecule has 2 N–H and O–H groups in total. The van der Waals surface area contributed by atoms with Crippen LogP contribution in [0, 0.1) is 0 Å². The lowest BCUT2D eigenvalue weighted by Crippen LogP contribution is -2.22. The van der Waals surface area contributed by atoms with Crippen LogP contribution >= 0.6 is 12.4 Å². The van der Waals surface area contributed by atoms with E-state index in [0.29, 0.717) is 0 Å². The van der Waals surface area contributed by atoms with Crippen LogP contribution in [0.2, 0.25) is 0 Å². The van der Waals surface area contributed by atoms with Gasteiger partial charge < -0.3 is 10.6 Å². The Hall–Kier alpha value is -0.730. The molecule has 1 aromatic carbocycles. The maximum absolute atomic E-state index is 3.45. The van der Waals surface area contributed by atoms with Gasteiger partial charge in [-0.25, -0.2) is 0 Å². The number of hydrogen-bond donors (Lipinski definition) is 2. The molecule has 0 aliphatic heterocycles. The summed E-state index contributed by atoms with van der Waals surface area (Å²) in [5.74, 6) is 0. The zero-order valence-corrected chi connectivity index (χ0v) is 15.1. The van der Waals surface area contributed by atoms with Crippen LogP contribution in [0.3, 0.4) is 0 Å². The maximum Gasteiger partial charge on any atom is 0.0653 e. The van der Waals surface area contributed by atoms with Crippen molar-refractivity contribution in [3.8, 4) is 0 Å². The minimum absolute atomic E-state index is 0. The second-order valence-electron chi connectivity index (χ2n) is 5.90. The molecule has 0 heterocycles. The molecular weight excluding hydrogens is 292 g/mol. The lowest BCUT2D eigenvalue weighted by atomic mass is 10.1. The first-order chi connectivity index (χ1) is 10.4. The van der Waals surface area contributed by atoms with Crippen molar-refractivity contribution in [1.29, 1.82) is 0 Å². The fourth-order valence-corrected chi connectivity index (χ4v) is 2.55. The van der Waals surface area contributed by atoms with Gasteiger partial charge in [0, 0.05) is 5.69 Å². The highest BCUT2D eigenvalue weighted by molar-refractivity contribution is 5.85. The summed E-state index contributed by atoms with van der Waals surface area (Å²) in [5.41, 5.74) is 1.19. The molecule has 0 saturated heterocycles. The van der Waals surface area contributed by atoms with Gasteiger partial charge in [0.1, 0.15) is 0 Å². The van der Waals surface area contributed by atoms with Gasteiger partial charge in [0.25, 0.3) is 0 Å². The number of anilines is 1. The van der Waals surface area contributed by atoms with Gasteiger partial charge in [-0.15, -0.1) is 12.4 Å². The van der Waals surface area contributed by atoms with E-state index in [1.54, 1.807) is 0 Å². The molecule has 22 heavy (non-hydrogen) atoms. The fraction of sp³-hybridized carbons (Fsp3) is 0.684. The molecule has 1 aromatic rings. The molecule has 0 aromatic heterocycles. The Morgan fingerprint density at radius 3 is 1.86 bits per heavy atom. The SMILES string of the molecule is CCCCCCCCCCCCNCNc1ccccc1.Cl. The molecule has 0 atom stereocenters. The van der Waals surface area contributed by atoms with Gasteiger partial charge in [-0.1, -0.05) is 82.9 Å². The fourth-order valence-electron chi connectivity index (χ4n) is 2.55. The van der Waals surface area contributed by atoms with Crippen LogP contribution in [0.25, 0.3) is 0 Å². The molecule has 2 nitrogen and oxygen atoms in total. The van der Waals surface area contributed by atoms with Gasteiger partial charge in [0.2, 0.25) is 0 Å². The molecule has 3 heteroatoms. The first-order valence-corrected chi connectivity index (χ1v) is 8.93. The van der Waals surface area contributed by atoms with Crippen molar-refractivity contribution in [2.75, 3.05) is 18.5 Å². The van der Waals surface area contributed by atoms with Crippen LogP contribution in [-0.4, -0.2) is 13.2 Å². The second kappa shape index (κ2) is 16.6. The summed E-state index contributed by atoms with van der Waals surface area (Å²) >= 11 is 0. The predicted molar refractivity (Wildman–Crippen MR) is 102 cm³/mol. The average molecular weight is 327 g/mol. The number of rotatable bonds is 14. The lowest BCUT2D eigenvalue weighted by molar-refractivity contribution is 0.547. The number of para-hydroxylation sites is 1. The van der Waals surface area contributed by atoms with Gasteiger partial charge in [-0.2, -0.15) is 0 Å². The summed E-state index contributed by atoms with van der Waals surface area (Å²) in [6, 6.07) is 10.4. The Balaban J connectivity index is 0.00000441. The number of hydrogen-bond acceptors (Lipinski definition) is 2. The normalized spacial score (nSPS) is 10.2. The number of nitrogens with one attached hydrogen (secondary N) is 2. The van der Waals surface area contributed by atoms with Gasteiger partial charge in [0.05, 0.1) is 6.67 Å². The molecule has 1 rings (SSSR count). The zero-order chi connectivity index (χ0) is 15.0. The van der Waals surface area contributed by atoms with E-state index in [9.17, 15) is 0 Å². The number of benzene rings is 1. The first kappa shape index (κ1) is 21.3. The standard InChI is InChI=1S/C19H34N2.ClH/c1-2-3-4-5-6-7-8-9-10-14-17-20-18-21-19-15-12-11-13-16-19;/h11-13,15-16,20-21H,2-10,14,17-18H2,1H3;1H.